The van der Waals surface area contributed by atoms with E-state index < -0.39 is 11.7 Å². The molecule has 2 aromatic rings. The molecule has 0 aliphatic carbocycles. The largest absolute Gasteiger partial charge is 0.336 e. The SMILES string of the molecule is CN(CC(=O)Nc1cccc(F)c1)C(=O)CCc1ccccc1F. The van der Waals surface area contributed by atoms with Crippen molar-refractivity contribution in [2.75, 3.05) is 18.9 Å². The first kappa shape index (κ1) is 17.6. The third-order valence-corrected chi connectivity index (χ3v) is 3.48. The average Bonchev–Trinajstić information content (AvgIpc) is 2.53. The third-order valence-electron chi connectivity index (χ3n) is 3.48. The Hall–Kier alpha value is -2.76. The number of nitrogens with one attached hydrogen (secondary N) is 1. The molecule has 2 amide bonds. The molecule has 0 aromatic heterocycles. The van der Waals surface area contributed by atoms with E-state index in [1.807, 2.05) is 0 Å². The maximum absolute atomic E-state index is 13.5. The highest BCUT2D eigenvalue weighted by Crippen LogP contribution is 2.11. The van der Waals surface area contributed by atoms with Gasteiger partial charge in [-0.2, -0.15) is 0 Å². The lowest BCUT2D eigenvalue weighted by Gasteiger charge is -2.17. The average molecular weight is 332 g/mol. The molecule has 2 rings (SSSR count). The van der Waals surface area contributed by atoms with Crippen molar-refractivity contribution < 1.29 is 18.4 Å². The van der Waals surface area contributed by atoms with E-state index >= 15 is 0 Å². The first-order chi connectivity index (χ1) is 11.5. The Morgan fingerprint density at radius 3 is 2.54 bits per heavy atom. The summed E-state index contributed by atoms with van der Waals surface area (Å²) in [6.07, 6.45) is 0.367. The monoisotopic (exact) mass is 332 g/mol. The van der Waals surface area contributed by atoms with E-state index in [1.165, 1.54) is 36.2 Å². The molecule has 0 spiro atoms. The number of carbonyl (C=O) groups is 2. The van der Waals surface area contributed by atoms with E-state index in [2.05, 4.69) is 5.32 Å². The molecule has 0 radical (unpaired) electrons. The van der Waals surface area contributed by atoms with Crippen molar-refractivity contribution in [2.45, 2.75) is 12.8 Å². The number of hydrogen-bond donors (Lipinski definition) is 1. The first-order valence-corrected chi connectivity index (χ1v) is 7.48. The van der Waals surface area contributed by atoms with Gasteiger partial charge in [-0.3, -0.25) is 9.59 Å². The van der Waals surface area contributed by atoms with Gasteiger partial charge in [0.2, 0.25) is 11.8 Å². The molecule has 0 fully saturated rings. The molecule has 6 heteroatoms. The van der Waals surface area contributed by atoms with Crippen molar-refractivity contribution in [2.24, 2.45) is 0 Å². The van der Waals surface area contributed by atoms with Gasteiger partial charge in [0, 0.05) is 19.2 Å². The molecule has 0 unspecified atom stereocenters. The fourth-order valence-electron chi connectivity index (χ4n) is 2.20. The van der Waals surface area contributed by atoms with Gasteiger partial charge in [0.25, 0.3) is 0 Å². The topological polar surface area (TPSA) is 49.4 Å². The maximum Gasteiger partial charge on any atom is 0.243 e. The predicted molar refractivity (Wildman–Crippen MR) is 87.4 cm³/mol. The maximum atomic E-state index is 13.5. The molecule has 1 N–H and O–H groups in total. The molecule has 0 aliphatic rings. The van der Waals surface area contributed by atoms with Gasteiger partial charge < -0.3 is 10.2 Å². The Labute approximate surface area is 139 Å². The Morgan fingerprint density at radius 2 is 1.83 bits per heavy atom. The Kier molecular flexibility index (Phi) is 6.01. The minimum absolute atomic E-state index is 0.102. The van der Waals surface area contributed by atoms with Crippen molar-refractivity contribution in [1.82, 2.24) is 4.90 Å². The third kappa shape index (κ3) is 5.15. The second kappa shape index (κ2) is 8.19. The molecule has 4 nitrogen and oxygen atoms in total. The van der Waals surface area contributed by atoms with Crippen LogP contribution in [-0.4, -0.2) is 30.3 Å². The summed E-state index contributed by atoms with van der Waals surface area (Å²) in [5.74, 6) is -1.51. The molecule has 24 heavy (non-hydrogen) atoms. The molecular formula is C18H18F2N2O2. The molecule has 0 saturated carbocycles. The summed E-state index contributed by atoms with van der Waals surface area (Å²) in [5.41, 5.74) is 0.788. The summed E-state index contributed by atoms with van der Waals surface area (Å²) in [6, 6.07) is 11.8. The molecule has 0 saturated heterocycles. The zero-order valence-corrected chi connectivity index (χ0v) is 13.3. The Balaban J connectivity index is 1.82. The normalized spacial score (nSPS) is 10.3. The van der Waals surface area contributed by atoms with Gasteiger partial charge in [-0.25, -0.2) is 8.78 Å². The number of benzene rings is 2. The number of likely N-dealkylation sites (N-methyl/N-ethyl adjacent to an activating group) is 1. The number of rotatable bonds is 6. The summed E-state index contributed by atoms with van der Waals surface area (Å²) in [4.78, 5) is 25.2. The van der Waals surface area contributed by atoms with Crippen LogP contribution in [0.4, 0.5) is 14.5 Å². The van der Waals surface area contributed by atoms with E-state index in [1.54, 1.807) is 24.3 Å². The van der Waals surface area contributed by atoms with Crippen LogP contribution in [0.15, 0.2) is 48.5 Å². The van der Waals surface area contributed by atoms with Gasteiger partial charge in [0.15, 0.2) is 0 Å². The quantitative estimate of drug-likeness (QED) is 0.884. The highest BCUT2D eigenvalue weighted by Gasteiger charge is 2.14. The lowest BCUT2D eigenvalue weighted by molar-refractivity contribution is -0.133. The van der Waals surface area contributed by atoms with E-state index in [4.69, 9.17) is 0 Å². The molecule has 0 bridgehead atoms. The van der Waals surface area contributed by atoms with Crippen molar-refractivity contribution >= 4 is 17.5 Å². The second-order valence-electron chi connectivity index (χ2n) is 5.40. The number of anilines is 1. The van der Waals surface area contributed by atoms with Crippen molar-refractivity contribution in [3.05, 3.63) is 65.7 Å². The zero-order chi connectivity index (χ0) is 17.5. The van der Waals surface area contributed by atoms with Gasteiger partial charge in [0.1, 0.15) is 11.6 Å². The summed E-state index contributed by atoms with van der Waals surface area (Å²) in [7, 11) is 1.49. The van der Waals surface area contributed by atoms with Gasteiger partial charge in [-0.15, -0.1) is 0 Å². The van der Waals surface area contributed by atoms with E-state index in [0.717, 1.165) is 0 Å². The number of nitrogens with zero attached hydrogens (tertiary/aromatic N) is 1. The molecule has 126 valence electrons. The van der Waals surface area contributed by atoms with Crippen LogP contribution in [0.2, 0.25) is 0 Å². The zero-order valence-electron chi connectivity index (χ0n) is 13.3. The molecule has 0 atom stereocenters. The van der Waals surface area contributed by atoms with Crippen LogP contribution in [-0.2, 0) is 16.0 Å². The lowest BCUT2D eigenvalue weighted by atomic mass is 10.1. The Bertz CT molecular complexity index is 734. The molecular weight excluding hydrogens is 314 g/mol. The summed E-state index contributed by atoms with van der Waals surface area (Å²) in [5, 5.41) is 2.52. The highest BCUT2D eigenvalue weighted by molar-refractivity contribution is 5.94. The van der Waals surface area contributed by atoms with Gasteiger partial charge in [0.05, 0.1) is 6.54 Å². The number of carbonyl (C=O) groups excluding carboxylic acids is 2. The van der Waals surface area contributed by atoms with Gasteiger partial charge in [-0.05, 0) is 36.2 Å². The summed E-state index contributed by atoms with van der Waals surface area (Å²) < 4.78 is 26.6. The number of aryl methyl sites for hydroxylation is 1. The number of hydrogen-bond acceptors (Lipinski definition) is 2. The summed E-state index contributed by atoms with van der Waals surface area (Å²) >= 11 is 0. The minimum atomic E-state index is -0.456. The van der Waals surface area contributed by atoms with E-state index in [-0.39, 0.29) is 31.1 Å². The van der Waals surface area contributed by atoms with Gasteiger partial charge in [-0.1, -0.05) is 24.3 Å². The molecule has 0 aliphatic heterocycles. The second-order valence-corrected chi connectivity index (χ2v) is 5.40. The standard InChI is InChI=1S/C18H18F2N2O2/c1-22(12-17(23)21-15-7-4-6-14(19)11-15)18(24)10-9-13-5-2-3-8-16(13)20/h2-8,11H,9-10,12H2,1H3,(H,21,23). The van der Waals surface area contributed by atoms with E-state index in [9.17, 15) is 18.4 Å². The van der Waals surface area contributed by atoms with Crippen LogP contribution in [0.25, 0.3) is 0 Å². The van der Waals surface area contributed by atoms with Crippen LogP contribution in [0.1, 0.15) is 12.0 Å². The smallest absolute Gasteiger partial charge is 0.243 e. The number of amides is 2. The number of halogens is 2. The minimum Gasteiger partial charge on any atom is -0.336 e. The Morgan fingerprint density at radius 1 is 1.08 bits per heavy atom. The summed E-state index contributed by atoms with van der Waals surface area (Å²) in [6.45, 7) is -0.160. The molecule has 2 aromatic carbocycles. The predicted octanol–water partition coefficient (Wildman–Crippen LogP) is 2.99. The molecule has 0 heterocycles. The lowest BCUT2D eigenvalue weighted by Crippen LogP contribution is -2.35. The van der Waals surface area contributed by atoms with Crippen molar-refractivity contribution in [1.29, 1.82) is 0 Å². The van der Waals surface area contributed by atoms with Crippen LogP contribution in [0.3, 0.4) is 0 Å². The fraction of sp³-hybridized carbons (Fsp3) is 0.222. The van der Waals surface area contributed by atoms with Crippen LogP contribution in [0, 0.1) is 11.6 Å². The first-order valence-electron chi connectivity index (χ1n) is 7.48. The fourth-order valence-corrected chi connectivity index (χ4v) is 2.20. The van der Waals surface area contributed by atoms with Crippen molar-refractivity contribution in [3.63, 3.8) is 0 Å². The van der Waals surface area contributed by atoms with Crippen molar-refractivity contribution in [3.8, 4) is 0 Å². The van der Waals surface area contributed by atoms with E-state index in [0.29, 0.717) is 11.3 Å². The van der Waals surface area contributed by atoms with Crippen LogP contribution >= 0.6 is 0 Å². The van der Waals surface area contributed by atoms with Gasteiger partial charge >= 0.3 is 0 Å². The highest BCUT2D eigenvalue weighted by atomic mass is 19.1. The van der Waals surface area contributed by atoms with Crippen LogP contribution < -0.4 is 5.32 Å². The van der Waals surface area contributed by atoms with Crippen LogP contribution in [0.5, 0.6) is 0 Å².